The predicted octanol–water partition coefficient (Wildman–Crippen LogP) is 0.817. The molecule has 1 aromatic rings. The van der Waals surface area contributed by atoms with E-state index in [2.05, 4.69) is 5.11 Å². The van der Waals surface area contributed by atoms with Crippen LogP contribution in [0, 0.1) is 0 Å². The fourth-order valence-electron chi connectivity index (χ4n) is 0.706. The van der Waals surface area contributed by atoms with Crippen LogP contribution in [-0.2, 0) is 10.1 Å². The summed E-state index contributed by atoms with van der Waals surface area (Å²) in [7, 11) is -4.21. The molecule has 5 nitrogen and oxygen atoms in total. The highest BCUT2D eigenvalue weighted by Gasteiger charge is 2.08. The lowest BCUT2D eigenvalue weighted by Crippen LogP contribution is -1.96. The molecule has 1 N–H and O–H groups in total. The number of hydrogen-bond acceptors (Lipinski definition) is 3. The van der Waals surface area contributed by atoms with Crippen LogP contribution in [-0.4, -0.2) is 13.0 Å². The van der Waals surface area contributed by atoms with E-state index in [1.807, 2.05) is 0 Å². The molecule has 0 aromatic heterocycles. The minimum atomic E-state index is -4.21. The van der Waals surface area contributed by atoms with Crippen molar-refractivity contribution in [1.29, 1.82) is 0 Å². The molecule has 1 aromatic carbocycles. The highest BCUT2D eigenvalue weighted by molar-refractivity contribution is 7.85. The van der Waals surface area contributed by atoms with Gasteiger partial charge in [0.05, 0.1) is 10.6 Å². The van der Waals surface area contributed by atoms with Gasteiger partial charge in [-0.3, -0.25) is 4.55 Å². The van der Waals surface area contributed by atoms with Crippen LogP contribution in [0.5, 0.6) is 0 Å². The lowest BCUT2D eigenvalue weighted by molar-refractivity contribution is 0.483. The fraction of sp³-hybridized carbons (Fsp3) is 0. The molecule has 0 fully saturated rings. The maximum absolute atomic E-state index is 10.5. The van der Waals surface area contributed by atoms with E-state index >= 15 is 0 Å². The van der Waals surface area contributed by atoms with Crippen molar-refractivity contribution in [3.8, 4) is 0 Å². The third-order valence-electron chi connectivity index (χ3n) is 1.23. The van der Waals surface area contributed by atoms with Gasteiger partial charge in [0.1, 0.15) is 0 Å². The Morgan fingerprint density at radius 3 is 2.58 bits per heavy atom. The van der Waals surface area contributed by atoms with Crippen molar-refractivity contribution in [3.05, 3.63) is 24.3 Å². The van der Waals surface area contributed by atoms with Crippen LogP contribution in [0.1, 0.15) is 0 Å². The molecule has 6 heteroatoms. The Kier molecular flexibility index (Phi) is 2.20. The van der Waals surface area contributed by atoms with Crippen molar-refractivity contribution in [2.24, 2.45) is 5.11 Å². The average Bonchev–Trinajstić information content (AvgIpc) is 2.03. The van der Waals surface area contributed by atoms with Crippen LogP contribution in [0.2, 0.25) is 0 Å². The Balaban J connectivity index is 3.29. The summed E-state index contributed by atoms with van der Waals surface area (Å²) in [4.78, 5) is -0.294. The minimum absolute atomic E-state index is 0.0742. The Hall–Kier alpha value is -1.27. The molecule has 0 bridgehead atoms. The smallest absolute Gasteiger partial charge is 0.282 e. The van der Waals surface area contributed by atoms with E-state index < -0.39 is 10.1 Å². The van der Waals surface area contributed by atoms with Gasteiger partial charge in [-0.1, -0.05) is 6.07 Å². The third kappa shape index (κ3) is 1.86. The second-order valence-electron chi connectivity index (χ2n) is 2.07. The van der Waals surface area contributed by atoms with E-state index in [9.17, 15) is 8.42 Å². The zero-order valence-corrected chi connectivity index (χ0v) is 6.69. The second-order valence-corrected chi connectivity index (χ2v) is 3.49. The quantitative estimate of drug-likeness (QED) is 0.546. The zero-order chi connectivity index (χ0) is 9.19. The molecule has 0 unspecified atom stereocenters. The van der Waals surface area contributed by atoms with Crippen LogP contribution in [0.15, 0.2) is 34.3 Å². The van der Waals surface area contributed by atoms with Gasteiger partial charge in [-0.05, 0) is 23.7 Å². The standard InChI is InChI=1S/C6H5N2O3S/c7-8-5-2-1-3-6(4-5)12(9,10)11/h1-4H,(H,9,10,11). The molecule has 0 aliphatic carbocycles. The maximum atomic E-state index is 10.5. The molecule has 0 aliphatic heterocycles. The summed E-state index contributed by atoms with van der Waals surface area (Å²) in [5.74, 6) is 0. The van der Waals surface area contributed by atoms with Gasteiger partial charge in [0.25, 0.3) is 10.1 Å². The fourth-order valence-corrected chi connectivity index (χ4v) is 1.23. The maximum Gasteiger partial charge on any atom is 0.294 e. The number of nitrogens with zero attached hydrogens (tertiary/aromatic N) is 2. The monoisotopic (exact) mass is 185 g/mol. The van der Waals surface area contributed by atoms with Crippen molar-refractivity contribution in [1.82, 2.24) is 5.53 Å². The van der Waals surface area contributed by atoms with E-state index in [1.54, 1.807) is 0 Å². The molecule has 0 amide bonds. The van der Waals surface area contributed by atoms with Gasteiger partial charge in [0, 0.05) is 0 Å². The second kappa shape index (κ2) is 3.00. The Labute approximate surface area is 69.3 Å². The van der Waals surface area contributed by atoms with E-state index in [1.165, 1.54) is 18.2 Å². The lowest BCUT2D eigenvalue weighted by Gasteiger charge is -1.95. The normalized spacial score (nSPS) is 11.1. The average molecular weight is 185 g/mol. The predicted molar refractivity (Wildman–Crippen MR) is 40.5 cm³/mol. The Morgan fingerprint density at radius 1 is 1.42 bits per heavy atom. The van der Waals surface area contributed by atoms with E-state index in [4.69, 9.17) is 10.1 Å². The molecule has 0 aliphatic rings. The molecule has 1 radical (unpaired) electrons. The topological polar surface area (TPSA) is 89.0 Å². The largest absolute Gasteiger partial charge is 0.294 e. The summed E-state index contributed by atoms with van der Waals surface area (Å²) in [6, 6.07) is 5.01. The van der Waals surface area contributed by atoms with Gasteiger partial charge in [-0.2, -0.15) is 8.42 Å². The van der Waals surface area contributed by atoms with Crippen LogP contribution < -0.4 is 5.53 Å². The van der Waals surface area contributed by atoms with Crippen molar-refractivity contribution in [2.45, 2.75) is 4.90 Å². The van der Waals surface area contributed by atoms with Gasteiger partial charge in [-0.15, -0.1) is 5.11 Å². The van der Waals surface area contributed by atoms with Crippen molar-refractivity contribution >= 4 is 15.8 Å². The van der Waals surface area contributed by atoms with Gasteiger partial charge in [-0.25, -0.2) is 0 Å². The van der Waals surface area contributed by atoms with Crippen LogP contribution in [0.3, 0.4) is 0 Å². The number of hydrogen-bond donors (Lipinski definition) is 1. The first-order valence-corrected chi connectivity index (χ1v) is 4.41. The van der Waals surface area contributed by atoms with E-state index in [0.717, 1.165) is 6.07 Å². The van der Waals surface area contributed by atoms with Crippen molar-refractivity contribution in [3.63, 3.8) is 0 Å². The summed E-state index contributed by atoms with van der Waals surface area (Å²) in [5.41, 5.74) is 8.35. The van der Waals surface area contributed by atoms with Crippen LogP contribution >= 0.6 is 0 Å². The summed E-state index contributed by atoms with van der Waals surface area (Å²) in [6.07, 6.45) is 0. The summed E-state index contributed by atoms with van der Waals surface area (Å²) < 4.78 is 29.6. The molecular weight excluding hydrogens is 180 g/mol. The lowest BCUT2D eigenvalue weighted by atomic mass is 10.3. The van der Waals surface area contributed by atoms with Crippen LogP contribution in [0.25, 0.3) is 0 Å². The zero-order valence-electron chi connectivity index (χ0n) is 5.88. The summed E-state index contributed by atoms with van der Waals surface area (Å²) in [6.45, 7) is 0. The van der Waals surface area contributed by atoms with Gasteiger partial charge < -0.3 is 0 Å². The highest BCUT2D eigenvalue weighted by Crippen LogP contribution is 2.16. The molecule has 63 valence electrons. The molecule has 0 heterocycles. The van der Waals surface area contributed by atoms with E-state index in [-0.39, 0.29) is 10.6 Å². The SMILES string of the molecule is [N]=Nc1cccc(S(=O)(=O)O)c1. The molecule has 0 atom stereocenters. The molecule has 12 heavy (non-hydrogen) atoms. The number of benzene rings is 1. The summed E-state index contributed by atoms with van der Waals surface area (Å²) in [5, 5.41) is 2.77. The Bertz CT molecular complexity index is 399. The minimum Gasteiger partial charge on any atom is -0.282 e. The first-order chi connectivity index (χ1) is 5.54. The van der Waals surface area contributed by atoms with Crippen molar-refractivity contribution in [2.75, 3.05) is 0 Å². The number of rotatable bonds is 2. The molecule has 1 rings (SSSR count). The first-order valence-electron chi connectivity index (χ1n) is 2.97. The third-order valence-corrected chi connectivity index (χ3v) is 2.08. The highest BCUT2D eigenvalue weighted by atomic mass is 32.2. The van der Waals surface area contributed by atoms with Gasteiger partial charge >= 0.3 is 0 Å². The van der Waals surface area contributed by atoms with Crippen molar-refractivity contribution < 1.29 is 13.0 Å². The summed E-state index contributed by atoms with van der Waals surface area (Å²) >= 11 is 0. The van der Waals surface area contributed by atoms with E-state index in [0.29, 0.717) is 0 Å². The van der Waals surface area contributed by atoms with Gasteiger partial charge in [0.15, 0.2) is 0 Å². The molecule has 0 saturated carbocycles. The molecule has 0 spiro atoms. The van der Waals surface area contributed by atoms with Crippen LogP contribution in [0.4, 0.5) is 5.69 Å². The molecule has 0 saturated heterocycles. The Morgan fingerprint density at radius 2 is 2.08 bits per heavy atom. The van der Waals surface area contributed by atoms with Gasteiger partial charge in [0.2, 0.25) is 0 Å². The first kappa shape index (κ1) is 8.82. The molecular formula is C6H5N2O3S.